The van der Waals surface area contributed by atoms with Gasteiger partial charge < -0.3 is 15.8 Å². The van der Waals surface area contributed by atoms with E-state index in [0.717, 1.165) is 18.4 Å². The SMILES string of the molecule is CCC(CC)(NC(=O)CC(CN)OC)c1ccc(Cl)cc1. The number of nitrogens with two attached hydrogens (primary N) is 1. The summed E-state index contributed by atoms with van der Waals surface area (Å²) in [5.74, 6) is -0.0500. The van der Waals surface area contributed by atoms with E-state index in [-0.39, 0.29) is 24.0 Å². The molecule has 5 heteroatoms. The normalized spacial score (nSPS) is 13.0. The molecule has 1 aromatic rings. The van der Waals surface area contributed by atoms with Crippen LogP contribution in [-0.2, 0) is 15.1 Å². The summed E-state index contributed by atoms with van der Waals surface area (Å²) in [5.41, 5.74) is 6.25. The van der Waals surface area contributed by atoms with Crippen LogP contribution < -0.4 is 11.1 Å². The van der Waals surface area contributed by atoms with E-state index in [1.807, 2.05) is 24.3 Å². The van der Waals surface area contributed by atoms with Crippen LogP contribution in [0.1, 0.15) is 38.7 Å². The van der Waals surface area contributed by atoms with Crippen molar-refractivity contribution in [1.82, 2.24) is 5.32 Å². The maximum Gasteiger partial charge on any atom is 0.223 e. The number of hydrogen-bond donors (Lipinski definition) is 2. The minimum Gasteiger partial charge on any atom is -0.380 e. The lowest BCUT2D eigenvalue weighted by Gasteiger charge is -2.34. The molecule has 0 fully saturated rings. The summed E-state index contributed by atoms with van der Waals surface area (Å²) in [7, 11) is 1.57. The van der Waals surface area contributed by atoms with Gasteiger partial charge in [-0.2, -0.15) is 0 Å². The first-order valence-corrected chi connectivity index (χ1v) is 7.69. The van der Waals surface area contributed by atoms with E-state index in [1.54, 1.807) is 7.11 Å². The molecule has 1 amide bonds. The van der Waals surface area contributed by atoms with Crippen LogP contribution in [-0.4, -0.2) is 25.7 Å². The van der Waals surface area contributed by atoms with Crippen molar-refractivity contribution < 1.29 is 9.53 Å². The molecule has 0 aliphatic rings. The van der Waals surface area contributed by atoms with Gasteiger partial charge >= 0.3 is 0 Å². The fraction of sp³-hybridized carbons (Fsp3) is 0.562. The number of rotatable bonds is 8. The monoisotopic (exact) mass is 312 g/mol. The van der Waals surface area contributed by atoms with Crippen LogP contribution >= 0.6 is 11.6 Å². The van der Waals surface area contributed by atoms with Crippen molar-refractivity contribution >= 4 is 17.5 Å². The number of hydrogen-bond acceptors (Lipinski definition) is 3. The highest BCUT2D eigenvalue weighted by Crippen LogP contribution is 2.29. The highest BCUT2D eigenvalue weighted by molar-refractivity contribution is 6.30. The molecule has 0 radical (unpaired) electrons. The summed E-state index contributed by atoms with van der Waals surface area (Å²) in [6.45, 7) is 4.46. The zero-order valence-electron chi connectivity index (χ0n) is 13.0. The van der Waals surface area contributed by atoms with Crippen molar-refractivity contribution in [3.8, 4) is 0 Å². The Morgan fingerprint density at radius 2 is 1.90 bits per heavy atom. The van der Waals surface area contributed by atoms with Gasteiger partial charge in [-0.25, -0.2) is 0 Å². The zero-order valence-corrected chi connectivity index (χ0v) is 13.7. The highest BCUT2D eigenvalue weighted by Gasteiger charge is 2.30. The first-order valence-electron chi connectivity index (χ1n) is 7.31. The summed E-state index contributed by atoms with van der Waals surface area (Å²) in [5, 5.41) is 3.84. The third-order valence-corrected chi connectivity index (χ3v) is 4.24. The molecular weight excluding hydrogens is 288 g/mol. The summed E-state index contributed by atoms with van der Waals surface area (Å²) < 4.78 is 5.17. The molecule has 0 heterocycles. The van der Waals surface area contributed by atoms with Gasteiger partial charge in [0.1, 0.15) is 0 Å². The maximum absolute atomic E-state index is 12.3. The Morgan fingerprint density at radius 3 is 2.33 bits per heavy atom. The molecule has 1 atom stereocenters. The molecule has 0 bridgehead atoms. The van der Waals surface area contributed by atoms with Crippen molar-refractivity contribution in [2.75, 3.05) is 13.7 Å². The van der Waals surface area contributed by atoms with Gasteiger partial charge in [-0.3, -0.25) is 4.79 Å². The molecule has 1 rings (SSSR count). The molecular formula is C16H25ClN2O2. The molecule has 1 unspecified atom stereocenters. The third kappa shape index (κ3) is 4.70. The Kier molecular flexibility index (Phi) is 7.15. The van der Waals surface area contributed by atoms with Crippen molar-refractivity contribution in [2.24, 2.45) is 5.73 Å². The molecule has 21 heavy (non-hydrogen) atoms. The maximum atomic E-state index is 12.3. The Morgan fingerprint density at radius 1 is 1.33 bits per heavy atom. The number of ether oxygens (including phenoxy) is 1. The molecule has 3 N–H and O–H groups in total. The second-order valence-corrected chi connectivity index (χ2v) is 5.58. The Balaban J connectivity index is 2.90. The molecule has 0 aromatic heterocycles. The van der Waals surface area contributed by atoms with Crippen LogP contribution in [0.15, 0.2) is 24.3 Å². The molecule has 1 aromatic carbocycles. The van der Waals surface area contributed by atoms with Crippen LogP contribution in [0.5, 0.6) is 0 Å². The molecule has 0 aliphatic carbocycles. The lowest BCUT2D eigenvalue weighted by molar-refractivity contribution is -0.125. The number of amides is 1. The van der Waals surface area contributed by atoms with Crippen LogP contribution in [0.3, 0.4) is 0 Å². The number of carbonyl (C=O) groups is 1. The molecule has 0 spiro atoms. The predicted octanol–water partition coefficient (Wildman–Crippen LogP) is 2.84. The number of halogens is 1. The van der Waals surface area contributed by atoms with Gasteiger partial charge in [-0.1, -0.05) is 37.6 Å². The van der Waals surface area contributed by atoms with E-state index in [0.29, 0.717) is 11.6 Å². The number of benzene rings is 1. The predicted molar refractivity (Wildman–Crippen MR) is 86.3 cm³/mol. The summed E-state index contributed by atoms with van der Waals surface area (Å²) in [6.07, 6.45) is 1.62. The smallest absolute Gasteiger partial charge is 0.223 e. The van der Waals surface area contributed by atoms with E-state index in [9.17, 15) is 4.79 Å². The molecule has 0 aliphatic heterocycles. The first-order chi connectivity index (χ1) is 10.0. The van der Waals surface area contributed by atoms with Crippen LogP contribution in [0, 0.1) is 0 Å². The van der Waals surface area contributed by atoms with Gasteiger partial charge in [0, 0.05) is 18.7 Å². The molecule has 0 saturated carbocycles. The summed E-state index contributed by atoms with van der Waals surface area (Å²) in [6, 6.07) is 7.63. The molecule has 118 valence electrons. The van der Waals surface area contributed by atoms with Crippen molar-refractivity contribution in [3.05, 3.63) is 34.9 Å². The van der Waals surface area contributed by atoms with Gasteiger partial charge in [-0.15, -0.1) is 0 Å². The second kappa shape index (κ2) is 8.37. The van der Waals surface area contributed by atoms with E-state index in [2.05, 4.69) is 19.2 Å². The van der Waals surface area contributed by atoms with Gasteiger partial charge in [0.25, 0.3) is 0 Å². The minimum absolute atomic E-state index is 0.0500. The highest BCUT2D eigenvalue weighted by atomic mass is 35.5. The van der Waals surface area contributed by atoms with Crippen LogP contribution in [0.2, 0.25) is 5.02 Å². The van der Waals surface area contributed by atoms with Crippen molar-refractivity contribution in [2.45, 2.75) is 44.8 Å². The summed E-state index contributed by atoms with van der Waals surface area (Å²) in [4.78, 5) is 12.3. The fourth-order valence-corrected chi connectivity index (χ4v) is 2.59. The van der Waals surface area contributed by atoms with Gasteiger partial charge in [0.15, 0.2) is 0 Å². The zero-order chi connectivity index (χ0) is 15.9. The minimum atomic E-state index is -0.380. The average Bonchev–Trinajstić information content (AvgIpc) is 2.51. The van der Waals surface area contributed by atoms with Gasteiger partial charge in [-0.05, 0) is 30.5 Å². The first kappa shape index (κ1) is 18.0. The van der Waals surface area contributed by atoms with E-state index < -0.39 is 0 Å². The average molecular weight is 313 g/mol. The Labute approximate surface area is 132 Å². The van der Waals surface area contributed by atoms with Crippen molar-refractivity contribution in [3.63, 3.8) is 0 Å². The third-order valence-electron chi connectivity index (χ3n) is 3.99. The van der Waals surface area contributed by atoms with Crippen molar-refractivity contribution in [1.29, 1.82) is 0 Å². The summed E-state index contributed by atoms with van der Waals surface area (Å²) >= 11 is 5.94. The van der Waals surface area contributed by atoms with Gasteiger partial charge in [0.2, 0.25) is 5.91 Å². The number of nitrogens with one attached hydrogen (secondary N) is 1. The largest absolute Gasteiger partial charge is 0.380 e. The van der Waals surface area contributed by atoms with E-state index >= 15 is 0 Å². The standard InChI is InChI=1S/C16H25ClN2O2/c1-4-16(5-2,12-6-8-13(17)9-7-12)19-15(20)10-14(11-18)21-3/h6-9,14H,4-5,10-11,18H2,1-3H3,(H,19,20). The van der Waals surface area contributed by atoms with Crippen LogP contribution in [0.4, 0.5) is 0 Å². The number of carbonyl (C=O) groups excluding carboxylic acids is 1. The van der Waals surface area contributed by atoms with E-state index in [4.69, 9.17) is 22.1 Å². The van der Waals surface area contributed by atoms with Gasteiger partial charge in [0.05, 0.1) is 18.1 Å². The topological polar surface area (TPSA) is 64.4 Å². The van der Waals surface area contributed by atoms with Crippen LogP contribution in [0.25, 0.3) is 0 Å². The lowest BCUT2D eigenvalue weighted by Crippen LogP contribution is -2.46. The lowest BCUT2D eigenvalue weighted by atomic mass is 9.84. The Hall–Kier alpha value is -1.10. The fourth-order valence-electron chi connectivity index (χ4n) is 2.46. The molecule has 0 saturated heterocycles. The molecule has 4 nitrogen and oxygen atoms in total. The quantitative estimate of drug-likeness (QED) is 0.776. The Bertz CT molecular complexity index is 440. The number of methoxy groups -OCH3 is 1. The second-order valence-electron chi connectivity index (χ2n) is 5.14. The van der Waals surface area contributed by atoms with E-state index in [1.165, 1.54) is 0 Å².